The molecule has 0 aliphatic carbocycles. The molecule has 17 heavy (non-hydrogen) atoms. The number of rotatable bonds is 0. The van der Waals surface area contributed by atoms with Crippen LogP contribution in [0, 0.1) is 0 Å². The van der Waals surface area contributed by atoms with Gasteiger partial charge in [-0.1, -0.05) is 18.2 Å². The molecule has 3 nitrogen and oxygen atoms in total. The van der Waals surface area contributed by atoms with E-state index in [0.29, 0.717) is 0 Å². The van der Waals surface area contributed by atoms with E-state index >= 15 is 0 Å². The highest BCUT2D eigenvalue weighted by Gasteiger charge is 2.04. The number of para-hydroxylation sites is 1. The molecule has 0 amide bonds. The number of hydrogen-bond acceptors (Lipinski definition) is 2. The van der Waals surface area contributed by atoms with Gasteiger partial charge in [0.2, 0.25) is 0 Å². The molecule has 0 saturated heterocycles. The lowest BCUT2D eigenvalue weighted by Crippen LogP contribution is -1.83. The number of imidazole rings is 1. The van der Waals surface area contributed by atoms with Crippen LogP contribution in [0.5, 0.6) is 0 Å². The van der Waals surface area contributed by atoms with Gasteiger partial charge in [-0.25, -0.2) is 9.97 Å². The second-order valence-corrected chi connectivity index (χ2v) is 4.12. The van der Waals surface area contributed by atoms with Gasteiger partial charge in [-0.15, -0.1) is 0 Å². The first-order chi connectivity index (χ1) is 8.42. The third kappa shape index (κ3) is 1.16. The molecule has 0 unspecified atom stereocenters. The third-order valence-corrected chi connectivity index (χ3v) is 3.11. The van der Waals surface area contributed by atoms with E-state index in [9.17, 15) is 0 Å². The Bertz CT molecular complexity index is 846. The van der Waals surface area contributed by atoms with Crippen LogP contribution in [0.15, 0.2) is 48.8 Å². The van der Waals surface area contributed by atoms with Crippen LogP contribution in [-0.4, -0.2) is 15.0 Å². The summed E-state index contributed by atoms with van der Waals surface area (Å²) in [5.41, 5.74) is 4.14. The SMILES string of the molecule is c1ccc2[nH]c3ccc4ncnc4c3cc2c1. The van der Waals surface area contributed by atoms with Crippen LogP contribution < -0.4 is 0 Å². The fraction of sp³-hybridized carbons (Fsp3) is 0. The van der Waals surface area contributed by atoms with E-state index in [1.165, 1.54) is 5.39 Å². The van der Waals surface area contributed by atoms with Crippen molar-refractivity contribution in [2.24, 2.45) is 0 Å². The Morgan fingerprint density at radius 2 is 1.82 bits per heavy atom. The fourth-order valence-corrected chi connectivity index (χ4v) is 2.28. The zero-order valence-corrected chi connectivity index (χ0v) is 9.01. The van der Waals surface area contributed by atoms with Gasteiger partial charge in [0.15, 0.2) is 0 Å². The van der Waals surface area contributed by atoms with E-state index in [4.69, 9.17) is 0 Å². The van der Waals surface area contributed by atoms with Crippen LogP contribution in [0.3, 0.4) is 0 Å². The Morgan fingerprint density at radius 1 is 0.882 bits per heavy atom. The summed E-state index contributed by atoms with van der Waals surface area (Å²) in [6.45, 7) is 0. The Labute approximate surface area is 97.1 Å². The first-order valence-electron chi connectivity index (χ1n) is 5.53. The number of fused-ring (bicyclic) bond motifs is 4. The maximum atomic E-state index is 4.32. The first kappa shape index (κ1) is 8.70. The summed E-state index contributed by atoms with van der Waals surface area (Å²) in [5, 5.41) is 2.31. The second-order valence-electron chi connectivity index (χ2n) is 4.12. The van der Waals surface area contributed by atoms with E-state index in [0.717, 1.165) is 27.5 Å². The number of hydrogen-bond donors (Lipinski definition) is 1. The predicted octanol–water partition coefficient (Wildman–Crippen LogP) is 3.26. The third-order valence-electron chi connectivity index (χ3n) is 3.11. The molecule has 0 aliphatic heterocycles. The Kier molecular flexibility index (Phi) is 1.56. The standard InChI is InChI=1S/C14H9N3/c1-2-4-11-9(3-1)7-10-12(17-11)5-6-13-14(10)16-8-15-13/h1-8,17H. The summed E-state index contributed by atoms with van der Waals surface area (Å²) in [6, 6.07) is 14.5. The molecule has 3 heteroatoms. The number of aromatic nitrogens is 3. The quantitative estimate of drug-likeness (QED) is 0.461. The van der Waals surface area contributed by atoms with E-state index in [1.54, 1.807) is 6.33 Å². The number of nitrogens with zero attached hydrogens (tertiary/aromatic N) is 2. The van der Waals surface area contributed by atoms with Crippen molar-refractivity contribution in [1.29, 1.82) is 0 Å². The minimum absolute atomic E-state index is 0.946. The normalized spacial score (nSPS) is 11.5. The predicted molar refractivity (Wildman–Crippen MR) is 68.9 cm³/mol. The van der Waals surface area contributed by atoms with E-state index in [-0.39, 0.29) is 0 Å². The smallest absolute Gasteiger partial charge is 0.116 e. The summed E-state index contributed by atoms with van der Waals surface area (Å²) < 4.78 is 0. The van der Waals surface area contributed by atoms with Crippen LogP contribution in [-0.2, 0) is 0 Å². The zero-order chi connectivity index (χ0) is 11.2. The van der Waals surface area contributed by atoms with Gasteiger partial charge in [0.25, 0.3) is 0 Å². The molecule has 0 atom stereocenters. The highest BCUT2D eigenvalue weighted by atomic mass is 14.9. The Balaban J connectivity index is 2.29. The monoisotopic (exact) mass is 219 g/mol. The number of aromatic amines is 1. The molecule has 0 radical (unpaired) electrons. The first-order valence-corrected chi connectivity index (χ1v) is 5.53. The van der Waals surface area contributed by atoms with Gasteiger partial charge in [-0.3, -0.25) is 0 Å². The lowest BCUT2D eigenvalue weighted by atomic mass is 10.1. The molecule has 2 aromatic carbocycles. The molecule has 0 aliphatic rings. The lowest BCUT2D eigenvalue weighted by molar-refractivity contribution is 1.35. The summed E-state index contributed by atoms with van der Waals surface area (Å²) in [5.74, 6) is 0. The molecule has 4 rings (SSSR count). The molecule has 2 heterocycles. The largest absolute Gasteiger partial charge is 0.354 e. The van der Waals surface area contributed by atoms with Crippen molar-refractivity contribution in [1.82, 2.24) is 15.0 Å². The highest BCUT2D eigenvalue weighted by molar-refractivity contribution is 6.06. The molecular formula is C14H9N3. The minimum Gasteiger partial charge on any atom is -0.354 e. The zero-order valence-electron chi connectivity index (χ0n) is 9.01. The molecule has 0 saturated carbocycles. The summed E-state index contributed by atoms with van der Waals surface area (Å²) in [4.78, 5) is 12.0. The van der Waals surface area contributed by atoms with Crippen molar-refractivity contribution < 1.29 is 0 Å². The minimum atomic E-state index is 0.946. The van der Waals surface area contributed by atoms with Crippen molar-refractivity contribution in [3.05, 3.63) is 48.8 Å². The number of H-pyrrole nitrogens is 1. The molecule has 0 bridgehead atoms. The van der Waals surface area contributed by atoms with E-state index < -0.39 is 0 Å². The maximum absolute atomic E-state index is 4.32. The summed E-state index contributed by atoms with van der Waals surface area (Å²) in [7, 11) is 0. The average Bonchev–Trinajstić information content (AvgIpc) is 2.85. The number of benzene rings is 2. The molecule has 4 aromatic rings. The molecule has 1 N–H and O–H groups in total. The molecule has 2 aromatic heterocycles. The second kappa shape index (κ2) is 3.04. The van der Waals surface area contributed by atoms with Crippen LogP contribution in [0.1, 0.15) is 0 Å². The van der Waals surface area contributed by atoms with Crippen molar-refractivity contribution in [3.8, 4) is 0 Å². The van der Waals surface area contributed by atoms with Crippen molar-refractivity contribution >= 4 is 32.8 Å². The Morgan fingerprint density at radius 3 is 2.82 bits per heavy atom. The highest BCUT2D eigenvalue weighted by Crippen LogP contribution is 2.24. The van der Waals surface area contributed by atoms with Crippen LogP contribution in [0.4, 0.5) is 0 Å². The van der Waals surface area contributed by atoms with Crippen molar-refractivity contribution in [3.63, 3.8) is 0 Å². The van der Waals surface area contributed by atoms with Gasteiger partial charge in [0.1, 0.15) is 6.33 Å². The maximum Gasteiger partial charge on any atom is 0.116 e. The van der Waals surface area contributed by atoms with E-state index in [2.05, 4.69) is 39.2 Å². The summed E-state index contributed by atoms with van der Waals surface area (Å²) in [6.07, 6.45) is 1.61. The molecule has 0 spiro atoms. The van der Waals surface area contributed by atoms with Gasteiger partial charge in [-0.2, -0.15) is 0 Å². The lowest BCUT2D eigenvalue weighted by Gasteiger charge is -2.03. The van der Waals surface area contributed by atoms with Crippen LogP contribution >= 0.6 is 0 Å². The van der Waals surface area contributed by atoms with Crippen molar-refractivity contribution in [2.45, 2.75) is 0 Å². The average molecular weight is 219 g/mol. The van der Waals surface area contributed by atoms with Gasteiger partial charge >= 0.3 is 0 Å². The molecule has 0 fully saturated rings. The fourth-order valence-electron chi connectivity index (χ4n) is 2.28. The number of pyridine rings is 1. The van der Waals surface area contributed by atoms with E-state index in [1.807, 2.05) is 18.2 Å². The van der Waals surface area contributed by atoms with Crippen LogP contribution in [0.25, 0.3) is 32.8 Å². The molecule has 80 valence electrons. The van der Waals surface area contributed by atoms with Gasteiger partial charge in [-0.05, 0) is 29.7 Å². The number of nitrogens with one attached hydrogen (secondary N) is 1. The summed E-state index contributed by atoms with van der Waals surface area (Å²) >= 11 is 0. The van der Waals surface area contributed by atoms with Crippen molar-refractivity contribution in [2.75, 3.05) is 0 Å². The van der Waals surface area contributed by atoms with Gasteiger partial charge < -0.3 is 4.98 Å². The van der Waals surface area contributed by atoms with Crippen LogP contribution in [0.2, 0.25) is 0 Å². The Hall–Kier alpha value is -2.42. The van der Waals surface area contributed by atoms with Gasteiger partial charge in [0.05, 0.1) is 11.0 Å². The molecular weight excluding hydrogens is 210 g/mol. The topological polar surface area (TPSA) is 41.6 Å². The van der Waals surface area contributed by atoms with Gasteiger partial charge in [0, 0.05) is 16.4 Å².